The molecule has 0 aliphatic heterocycles. The summed E-state index contributed by atoms with van der Waals surface area (Å²) in [5.74, 6) is -1.48. The highest BCUT2D eigenvalue weighted by molar-refractivity contribution is 6.31. The third-order valence-corrected chi connectivity index (χ3v) is 3.03. The molecule has 0 bridgehead atoms. The van der Waals surface area contributed by atoms with Crippen LogP contribution in [-0.4, -0.2) is 5.91 Å². The van der Waals surface area contributed by atoms with Gasteiger partial charge in [-0.3, -0.25) is 4.79 Å². The predicted molar refractivity (Wildman–Crippen MR) is 73.7 cm³/mol. The number of nitriles is 1. The van der Waals surface area contributed by atoms with Crippen LogP contribution in [-0.2, 0) is 0 Å². The molecule has 0 aliphatic rings. The van der Waals surface area contributed by atoms with E-state index in [1.54, 1.807) is 30.3 Å². The Bertz CT molecular complexity index is 667. The largest absolute Gasteiger partial charge is 0.332 e. The molecule has 2 aromatic rings. The van der Waals surface area contributed by atoms with Crippen LogP contribution in [0.25, 0.3) is 0 Å². The lowest BCUT2D eigenvalue weighted by Gasteiger charge is -2.12. The van der Waals surface area contributed by atoms with Gasteiger partial charge in [-0.2, -0.15) is 5.26 Å². The van der Waals surface area contributed by atoms with Crippen molar-refractivity contribution in [1.29, 1.82) is 5.26 Å². The van der Waals surface area contributed by atoms with Gasteiger partial charge in [0.15, 0.2) is 5.82 Å². The standard InChI is InChI=1S/C15H10ClFN2O/c16-12-8-4-7-11(14(12)17)15(20)19-13(9-18)10-5-2-1-3-6-10/h1-8,13H,(H,19,20). The first-order valence-electron chi connectivity index (χ1n) is 5.83. The van der Waals surface area contributed by atoms with Gasteiger partial charge in [-0.1, -0.05) is 48.0 Å². The van der Waals surface area contributed by atoms with Gasteiger partial charge in [0, 0.05) is 0 Å². The molecule has 1 unspecified atom stereocenters. The van der Waals surface area contributed by atoms with Crippen molar-refractivity contribution in [1.82, 2.24) is 5.32 Å². The van der Waals surface area contributed by atoms with Crippen molar-refractivity contribution in [3.05, 3.63) is 70.5 Å². The Labute approximate surface area is 120 Å². The van der Waals surface area contributed by atoms with Gasteiger partial charge >= 0.3 is 0 Å². The number of rotatable bonds is 3. The van der Waals surface area contributed by atoms with Crippen LogP contribution in [0.3, 0.4) is 0 Å². The first-order chi connectivity index (χ1) is 9.63. The maximum Gasteiger partial charge on any atom is 0.255 e. The highest BCUT2D eigenvalue weighted by Crippen LogP contribution is 2.19. The van der Waals surface area contributed by atoms with Crippen LogP contribution in [0.4, 0.5) is 4.39 Å². The fraction of sp³-hybridized carbons (Fsp3) is 0.0667. The minimum absolute atomic E-state index is 0.133. The molecule has 5 heteroatoms. The van der Waals surface area contributed by atoms with Crippen LogP contribution < -0.4 is 5.32 Å². The molecular formula is C15H10ClFN2O. The molecule has 1 N–H and O–H groups in total. The van der Waals surface area contributed by atoms with E-state index in [9.17, 15) is 9.18 Å². The summed E-state index contributed by atoms with van der Waals surface area (Å²) in [5, 5.41) is 11.4. The quantitative estimate of drug-likeness (QED) is 0.940. The van der Waals surface area contributed by atoms with Gasteiger partial charge in [0.1, 0.15) is 6.04 Å². The van der Waals surface area contributed by atoms with E-state index in [2.05, 4.69) is 5.32 Å². The van der Waals surface area contributed by atoms with Crippen molar-refractivity contribution in [2.24, 2.45) is 0 Å². The highest BCUT2D eigenvalue weighted by atomic mass is 35.5. The maximum absolute atomic E-state index is 13.7. The molecule has 20 heavy (non-hydrogen) atoms. The van der Waals surface area contributed by atoms with Crippen LogP contribution in [0.2, 0.25) is 5.02 Å². The second-order valence-electron chi connectivity index (χ2n) is 4.05. The molecule has 2 rings (SSSR count). The number of amides is 1. The summed E-state index contributed by atoms with van der Waals surface area (Å²) in [7, 11) is 0. The SMILES string of the molecule is N#CC(NC(=O)c1cccc(Cl)c1F)c1ccccc1. The summed E-state index contributed by atoms with van der Waals surface area (Å²) in [6.07, 6.45) is 0. The van der Waals surface area contributed by atoms with Gasteiger partial charge in [0.05, 0.1) is 16.7 Å². The molecule has 0 saturated heterocycles. The van der Waals surface area contributed by atoms with Crippen molar-refractivity contribution < 1.29 is 9.18 Å². The van der Waals surface area contributed by atoms with Gasteiger partial charge in [-0.05, 0) is 17.7 Å². The second-order valence-corrected chi connectivity index (χ2v) is 4.45. The van der Waals surface area contributed by atoms with Crippen LogP contribution in [0.15, 0.2) is 48.5 Å². The normalized spacial score (nSPS) is 11.4. The topological polar surface area (TPSA) is 52.9 Å². The van der Waals surface area contributed by atoms with Crippen molar-refractivity contribution >= 4 is 17.5 Å². The summed E-state index contributed by atoms with van der Waals surface area (Å²) in [5.41, 5.74) is 0.444. The molecule has 0 aromatic heterocycles. The molecule has 0 radical (unpaired) electrons. The van der Waals surface area contributed by atoms with Gasteiger partial charge in [0.25, 0.3) is 5.91 Å². The maximum atomic E-state index is 13.7. The van der Waals surface area contributed by atoms with E-state index in [1.165, 1.54) is 18.2 Å². The van der Waals surface area contributed by atoms with Crippen molar-refractivity contribution in [3.63, 3.8) is 0 Å². The third-order valence-electron chi connectivity index (χ3n) is 2.73. The van der Waals surface area contributed by atoms with E-state index in [-0.39, 0.29) is 10.6 Å². The van der Waals surface area contributed by atoms with Crippen LogP contribution in [0, 0.1) is 17.1 Å². The molecule has 100 valence electrons. The molecule has 0 aliphatic carbocycles. The first-order valence-corrected chi connectivity index (χ1v) is 6.20. The number of benzene rings is 2. The Morgan fingerprint density at radius 3 is 2.55 bits per heavy atom. The summed E-state index contributed by atoms with van der Waals surface area (Å²) in [4.78, 5) is 12.0. The predicted octanol–water partition coefficient (Wildman–Crippen LogP) is 3.47. The lowest BCUT2D eigenvalue weighted by molar-refractivity contribution is 0.0941. The van der Waals surface area contributed by atoms with E-state index in [4.69, 9.17) is 16.9 Å². The second kappa shape index (κ2) is 6.18. The average Bonchev–Trinajstić information content (AvgIpc) is 2.48. The van der Waals surface area contributed by atoms with Crippen LogP contribution >= 0.6 is 11.6 Å². The van der Waals surface area contributed by atoms with E-state index in [0.717, 1.165) is 0 Å². The number of nitrogens with one attached hydrogen (secondary N) is 1. The molecule has 0 fully saturated rings. The Kier molecular flexibility index (Phi) is 4.34. The van der Waals surface area contributed by atoms with E-state index >= 15 is 0 Å². The van der Waals surface area contributed by atoms with Gasteiger partial charge in [-0.25, -0.2) is 4.39 Å². The van der Waals surface area contributed by atoms with Crippen LogP contribution in [0.5, 0.6) is 0 Å². The number of carbonyl (C=O) groups is 1. The minimum atomic E-state index is -0.845. The average molecular weight is 289 g/mol. The molecule has 1 atom stereocenters. The van der Waals surface area contributed by atoms with Crippen molar-refractivity contribution in [2.45, 2.75) is 6.04 Å². The molecule has 2 aromatic carbocycles. The zero-order valence-electron chi connectivity index (χ0n) is 10.3. The zero-order valence-corrected chi connectivity index (χ0v) is 11.1. The number of halogens is 2. The van der Waals surface area contributed by atoms with Crippen molar-refractivity contribution in [2.75, 3.05) is 0 Å². The molecule has 0 saturated carbocycles. The summed E-state index contributed by atoms with van der Waals surface area (Å²) < 4.78 is 13.7. The van der Waals surface area contributed by atoms with Gasteiger partial charge in [-0.15, -0.1) is 0 Å². The molecular weight excluding hydrogens is 279 g/mol. The van der Waals surface area contributed by atoms with E-state index in [1.807, 2.05) is 6.07 Å². The van der Waals surface area contributed by atoms with Crippen molar-refractivity contribution in [3.8, 4) is 6.07 Å². The number of carbonyl (C=O) groups excluding carboxylic acids is 1. The number of hydrogen-bond donors (Lipinski definition) is 1. The lowest BCUT2D eigenvalue weighted by Crippen LogP contribution is -2.28. The molecule has 0 spiro atoms. The molecule has 0 heterocycles. The molecule has 1 amide bonds. The fourth-order valence-electron chi connectivity index (χ4n) is 1.72. The summed E-state index contributed by atoms with van der Waals surface area (Å²) >= 11 is 5.63. The highest BCUT2D eigenvalue weighted by Gasteiger charge is 2.18. The number of hydrogen-bond acceptors (Lipinski definition) is 2. The Hall–Kier alpha value is -2.38. The smallest absolute Gasteiger partial charge is 0.255 e. The number of nitrogens with zero attached hydrogens (tertiary/aromatic N) is 1. The van der Waals surface area contributed by atoms with E-state index in [0.29, 0.717) is 5.56 Å². The Balaban J connectivity index is 2.23. The van der Waals surface area contributed by atoms with Gasteiger partial charge < -0.3 is 5.32 Å². The summed E-state index contributed by atoms with van der Waals surface area (Å²) in [6, 6.07) is 14.0. The van der Waals surface area contributed by atoms with Gasteiger partial charge in [0.2, 0.25) is 0 Å². The Morgan fingerprint density at radius 1 is 1.20 bits per heavy atom. The molecule has 3 nitrogen and oxygen atoms in total. The third kappa shape index (κ3) is 2.95. The first kappa shape index (κ1) is 14.0. The Morgan fingerprint density at radius 2 is 1.90 bits per heavy atom. The fourth-order valence-corrected chi connectivity index (χ4v) is 1.90. The lowest BCUT2D eigenvalue weighted by atomic mass is 10.1. The zero-order chi connectivity index (χ0) is 14.5. The van der Waals surface area contributed by atoms with Crippen LogP contribution in [0.1, 0.15) is 22.0 Å². The van der Waals surface area contributed by atoms with E-state index < -0.39 is 17.8 Å². The minimum Gasteiger partial charge on any atom is -0.332 e. The monoisotopic (exact) mass is 288 g/mol. The summed E-state index contributed by atoms with van der Waals surface area (Å²) in [6.45, 7) is 0.